The SMILES string of the molecule is O=C1CCC(N2C(=O)c3cccc(CN[C@@H]4CNCC4(F)F)c3C2=O)C(=O)N1. The van der Waals surface area contributed by atoms with Gasteiger partial charge in [0.15, 0.2) is 0 Å². The molecule has 3 aliphatic heterocycles. The lowest BCUT2D eigenvalue weighted by Crippen LogP contribution is -2.54. The zero-order valence-corrected chi connectivity index (χ0v) is 14.8. The van der Waals surface area contributed by atoms with Crippen LogP contribution in [0.1, 0.15) is 39.1 Å². The first-order valence-corrected chi connectivity index (χ1v) is 8.95. The number of hydrogen-bond acceptors (Lipinski definition) is 6. The molecule has 1 unspecified atom stereocenters. The second kappa shape index (κ2) is 6.71. The van der Waals surface area contributed by atoms with Crippen LogP contribution in [0.2, 0.25) is 0 Å². The van der Waals surface area contributed by atoms with Crippen molar-refractivity contribution >= 4 is 23.6 Å². The normalized spacial score (nSPS) is 26.6. The summed E-state index contributed by atoms with van der Waals surface area (Å²) in [5.41, 5.74) is 0.651. The summed E-state index contributed by atoms with van der Waals surface area (Å²) in [7, 11) is 0. The maximum Gasteiger partial charge on any atom is 0.276 e. The third-order valence-corrected chi connectivity index (χ3v) is 5.31. The van der Waals surface area contributed by atoms with Crippen LogP contribution in [0.4, 0.5) is 8.78 Å². The third-order valence-electron chi connectivity index (χ3n) is 5.31. The molecule has 3 heterocycles. The van der Waals surface area contributed by atoms with Crippen molar-refractivity contribution in [1.29, 1.82) is 0 Å². The predicted molar refractivity (Wildman–Crippen MR) is 91.6 cm³/mol. The van der Waals surface area contributed by atoms with Crippen LogP contribution < -0.4 is 16.0 Å². The van der Waals surface area contributed by atoms with Crippen LogP contribution in [-0.4, -0.2) is 59.6 Å². The van der Waals surface area contributed by atoms with E-state index in [1.807, 2.05) is 0 Å². The number of carbonyl (C=O) groups excluding carboxylic acids is 4. The quantitative estimate of drug-likeness (QED) is 0.612. The smallest absolute Gasteiger partial charge is 0.276 e. The second-order valence-corrected chi connectivity index (χ2v) is 7.11. The number of amides is 4. The van der Waals surface area contributed by atoms with E-state index in [9.17, 15) is 28.0 Å². The average molecular weight is 392 g/mol. The molecule has 0 spiro atoms. The molecule has 4 rings (SSSR count). The molecule has 0 bridgehead atoms. The fourth-order valence-electron chi connectivity index (χ4n) is 3.84. The third kappa shape index (κ3) is 2.98. The molecular weight excluding hydrogens is 374 g/mol. The molecule has 0 saturated carbocycles. The number of nitrogens with one attached hydrogen (secondary N) is 3. The molecule has 28 heavy (non-hydrogen) atoms. The number of piperidine rings is 1. The van der Waals surface area contributed by atoms with Crippen molar-refractivity contribution in [2.75, 3.05) is 13.1 Å². The van der Waals surface area contributed by atoms with Gasteiger partial charge in [0, 0.05) is 19.5 Å². The van der Waals surface area contributed by atoms with Gasteiger partial charge in [0.2, 0.25) is 11.8 Å². The van der Waals surface area contributed by atoms with Gasteiger partial charge >= 0.3 is 0 Å². The zero-order chi connectivity index (χ0) is 20.1. The minimum atomic E-state index is -2.91. The fraction of sp³-hybridized carbons (Fsp3) is 0.444. The Bertz CT molecular complexity index is 888. The fourth-order valence-corrected chi connectivity index (χ4v) is 3.84. The van der Waals surface area contributed by atoms with Gasteiger partial charge in [0.25, 0.3) is 17.7 Å². The molecule has 1 aromatic rings. The summed E-state index contributed by atoms with van der Waals surface area (Å²) in [5, 5.41) is 7.49. The van der Waals surface area contributed by atoms with Gasteiger partial charge in [-0.1, -0.05) is 12.1 Å². The molecule has 0 radical (unpaired) electrons. The van der Waals surface area contributed by atoms with E-state index in [-0.39, 0.29) is 37.1 Å². The Morgan fingerprint density at radius 1 is 1.18 bits per heavy atom. The molecule has 148 valence electrons. The van der Waals surface area contributed by atoms with E-state index >= 15 is 0 Å². The van der Waals surface area contributed by atoms with Crippen LogP contribution in [-0.2, 0) is 16.1 Å². The van der Waals surface area contributed by atoms with Gasteiger partial charge in [-0.15, -0.1) is 0 Å². The highest BCUT2D eigenvalue weighted by Gasteiger charge is 2.46. The zero-order valence-electron chi connectivity index (χ0n) is 14.8. The topological polar surface area (TPSA) is 108 Å². The largest absolute Gasteiger partial charge is 0.309 e. The molecule has 0 aromatic heterocycles. The van der Waals surface area contributed by atoms with Crippen LogP contribution >= 0.6 is 0 Å². The molecule has 1 aromatic carbocycles. The highest BCUT2D eigenvalue weighted by Crippen LogP contribution is 2.30. The molecule has 2 saturated heterocycles. The maximum absolute atomic E-state index is 13.8. The minimum absolute atomic E-state index is 0.0205. The molecule has 0 aliphatic carbocycles. The number of rotatable bonds is 4. The van der Waals surface area contributed by atoms with E-state index < -0.39 is 48.2 Å². The van der Waals surface area contributed by atoms with E-state index in [2.05, 4.69) is 16.0 Å². The van der Waals surface area contributed by atoms with Crippen molar-refractivity contribution in [1.82, 2.24) is 20.9 Å². The minimum Gasteiger partial charge on any atom is -0.309 e. The van der Waals surface area contributed by atoms with Gasteiger partial charge in [-0.05, 0) is 18.1 Å². The first kappa shape index (κ1) is 18.6. The Morgan fingerprint density at radius 2 is 1.96 bits per heavy atom. The lowest BCUT2D eigenvalue weighted by molar-refractivity contribution is -0.136. The number of carbonyl (C=O) groups is 4. The summed E-state index contributed by atoms with van der Waals surface area (Å²) in [6, 6.07) is 2.48. The van der Waals surface area contributed by atoms with Crippen LogP contribution in [0.15, 0.2) is 18.2 Å². The summed E-state index contributed by atoms with van der Waals surface area (Å²) < 4.78 is 27.6. The Labute approximate surface area is 158 Å². The van der Waals surface area contributed by atoms with Crippen molar-refractivity contribution in [2.45, 2.75) is 37.4 Å². The number of fused-ring (bicyclic) bond motifs is 1. The summed E-state index contributed by atoms with van der Waals surface area (Å²) in [5.74, 6) is -5.32. The number of hydrogen-bond donors (Lipinski definition) is 3. The Kier molecular flexibility index (Phi) is 4.47. The first-order chi connectivity index (χ1) is 13.3. The van der Waals surface area contributed by atoms with Gasteiger partial charge < -0.3 is 10.6 Å². The number of nitrogens with zero attached hydrogens (tertiary/aromatic N) is 1. The van der Waals surface area contributed by atoms with E-state index in [1.54, 1.807) is 12.1 Å². The number of alkyl halides is 2. The van der Waals surface area contributed by atoms with E-state index in [0.717, 1.165) is 4.90 Å². The van der Waals surface area contributed by atoms with Gasteiger partial charge in [-0.3, -0.25) is 29.4 Å². The standard InChI is InChI=1S/C18H18F2N4O4/c19-18(20)8-21-7-12(18)22-6-9-2-1-3-10-14(9)17(28)24(16(10)27)11-4-5-13(25)23-15(11)26/h1-3,11-12,21-22H,4-8H2,(H,23,25,26)/t11?,12-/m1/s1. The molecule has 4 amide bonds. The van der Waals surface area contributed by atoms with Gasteiger partial charge in [-0.25, -0.2) is 8.78 Å². The molecular formula is C18H18F2N4O4. The van der Waals surface area contributed by atoms with Crippen LogP contribution in [0.3, 0.4) is 0 Å². The second-order valence-electron chi connectivity index (χ2n) is 7.11. The summed E-state index contributed by atoms with van der Waals surface area (Å²) in [4.78, 5) is 50.0. The maximum atomic E-state index is 13.8. The van der Waals surface area contributed by atoms with Crippen molar-refractivity contribution in [3.63, 3.8) is 0 Å². The first-order valence-electron chi connectivity index (χ1n) is 8.95. The van der Waals surface area contributed by atoms with E-state index in [1.165, 1.54) is 6.07 Å². The lowest BCUT2D eigenvalue weighted by Gasteiger charge is -2.27. The molecule has 8 nitrogen and oxygen atoms in total. The van der Waals surface area contributed by atoms with E-state index in [4.69, 9.17) is 0 Å². The summed E-state index contributed by atoms with van der Waals surface area (Å²) >= 11 is 0. The average Bonchev–Trinajstić information content (AvgIpc) is 3.11. The van der Waals surface area contributed by atoms with Crippen molar-refractivity contribution in [2.24, 2.45) is 0 Å². The van der Waals surface area contributed by atoms with Crippen molar-refractivity contribution < 1.29 is 28.0 Å². The molecule has 2 atom stereocenters. The highest BCUT2D eigenvalue weighted by atomic mass is 19.3. The van der Waals surface area contributed by atoms with E-state index in [0.29, 0.717) is 5.56 Å². The summed E-state index contributed by atoms with van der Waals surface area (Å²) in [6.45, 7) is -0.344. The van der Waals surface area contributed by atoms with Gasteiger partial charge in [0.05, 0.1) is 23.7 Å². The molecule has 10 heteroatoms. The molecule has 3 aliphatic rings. The highest BCUT2D eigenvalue weighted by molar-refractivity contribution is 6.24. The van der Waals surface area contributed by atoms with Crippen LogP contribution in [0.5, 0.6) is 0 Å². The number of halogens is 2. The Hall–Kier alpha value is -2.72. The number of imide groups is 2. The van der Waals surface area contributed by atoms with Crippen LogP contribution in [0, 0.1) is 0 Å². The van der Waals surface area contributed by atoms with Crippen molar-refractivity contribution in [3.05, 3.63) is 34.9 Å². The predicted octanol–water partition coefficient (Wildman–Crippen LogP) is -0.215. The Balaban J connectivity index is 1.58. The summed E-state index contributed by atoms with van der Waals surface area (Å²) in [6.07, 6.45) is 0.0890. The molecule has 3 N–H and O–H groups in total. The lowest BCUT2D eigenvalue weighted by atomic mass is 10.0. The molecule has 2 fully saturated rings. The number of benzene rings is 1. The van der Waals surface area contributed by atoms with Crippen molar-refractivity contribution in [3.8, 4) is 0 Å². The van der Waals surface area contributed by atoms with Crippen LogP contribution in [0.25, 0.3) is 0 Å². The monoisotopic (exact) mass is 392 g/mol. The van der Waals surface area contributed by atoms with Gasteiger partial charge in [0.1, 0.15) is 6.04 Å². The Morgan fingerprint density at radius 3 is 2.64 bits per heavy atom. The van der Waals surface area contributed by atoms with Gasteiger partial charge in [-0.2, -0.15) is 0 Å².